The molecule has 0 saturated carbocycles. The average molecular weight is 197 g/mol. The van der Waals surface area contributed by atoms with Crippen molar-refractivity contribution in [2.24, 2.45) is 0 Å². The van der Waals surface area contributed by atoms with Gasteiger partial charge in [-0.25, -0.2) is 0 Å². The summed E-state index contributed by atoms with van der Waals surface area (Å²) in [5.74, 6) is 0. The Morgan fingerprint density at radius 1 is 1.00 bits per heavy atom. The largest absolute Gasteiger partial charge is 0.0701 e. The van der Waals surface area contributed by atoms with Crippen LogP contribution in [0.25, 0.3) is 0 Å². The standard InChI is InChI=1S/C6H12Si4/c1-2-4-6(5-3-1)10-8-7-9-10/h1-5,10H,7-9H2. The first kappa shape index (κ1) is 6.78. The molecule has 0 aliphatic carbocycles. The molecule has 1 heterocycles. The molecule has 0 nitrogen and oxygen atoms in total. The number of hydrogen-bond acceptors (Lipinski definition) is 0. The fourth-order valence-electron chi connectivity index (χ4n) is 1.47. The van der Waals surface area contributed by atoms with Crippen LogP contribution in [0.4, 0.5) is 0 Å². The molecule has 2 rings (SSSR count). The van der Waals surface area contributed by atoms with Crippen LogP contribution < -0.4 is 5.19 Å². The van der Waals surface area contributed by atoms with Crippen molar-refractivity contribution >= 4 is 38.7 Å². The quantitative estimate of drug-likeness (QED) is 0.435. The summed E-state index contributed by atoms with van der Waals surface area (Å²) in [5.41, 5.74) is 0. The Kier molecular flexibility index (Phi) is 2.03. The minimum absolute atomic E-state index is 0.0196. The van der Waals surface area contributed by atoms with Gasteiger partial charge in [0.1, 0.15) is 0 Å². The zero-order valence-electron chi connectivity index (χ0n) is 6.09. The van der Waals surface area contributed by atoms with E-state index in [0.717, 1.165) is 8.55 Å². The highest BCUT2D eigenvalue weighted by Crippen LogP contribution is 1.90. The molecule has 10 heavy (non-hydrogen) atoms. The molecule has 0 amide bonds. The lowest BCUT2D eigenvalue weighted by Crippen LogP contribution is -2.59. The van der Waals surface area contributed by atoms with Crippen LogP contribution in [-0.2, 0) is 0 Å². The van der Waals surface area contributed by atoms with Crippen molar-refractivity contribution in [1.29, 1.82) is 0 Å². The highest BCUT2D eigenvalue weighted by Gasteiger charge is 2.21. The van der Waals surface area contributed by atoms with Crippen LogP contribution in [0.3, 0.4) is 0 Å². The van der Waals surface area contributed by atoms with Gasteiger partial charge in [0.05, 0.1) is 0 Å². The predicted octanol–water partition coefficient (Wildman–Crippen LogP) is -2.54. The van der Waals surface area contributed by atoms with E-state index in [-0.39, 0.29) is 7.83 Å². The van der Waals surface area contributed by atoms with Gasteiger partial charge in [0.15, 0.2) is 0 Å². The van der Waals surface area contributed by atoms with E-state index in [9.17, 15) is 0 Å². The first-order valence-corrected chi connectivity index (χ1v) is 19.1. The van der Waals surface area contributed by atoms with E-state index >= 15 is 0 Å². The van der Waals surface area contributed by atoms with E-state index in [0.29, 0.717) is 17.1 Å². The molecule has 0 atom stereocenters. The second kappa shape index (κ2) is 3.00. The average Bonchev–Trinajstić information content (AvgIpc) is 1.86. The second-order valence-electron chi connectivity index (χ2n) is 3.04. The molecule has 0 spiro atoms. The van der Waals surface area contributed by atoms with Gasteiger partial charge in [-0.2, -0.15) is 0 Å². The topological polar surface area (TPSA) is 0 Å². The lowest BCUT2D eigenvalue weighted by atomic mass is 10.4. The minimum atomic E-state index is -0.0196. The van der Waals surface area contributed by atoms with Gasteiger partial charge in [-0.15, -0.1) is 0 Å². The molecular weight excluding hydrogens is 184 g/mol. The Morgan fingerprint density at radius 2 is 1.70 bits per heavy atom. The van der Waals surface area contributed by atoms with Crippen molar-refractivity contribution in [3.8, 4) is 0 Å². The van der Waals surface area contributed by atoms with E-state index in [4.69, 9.17) is 0 Å². The van der Waals surface area contributed by atoms with Gasteiger partial charge >= 0.3 is 0 Å². The molecule has 1 saturated heterocycles. The monoisotopic (exact) mass is 196 g/mol. The van der Waals surface area contributed by atoms with Crippen LogP contribution in [0.15, 0.2) is 30.3 Å². The molecule has 1 aliphatic rings. The van der Waals surface area contributed by atoms with Gasteiger partial charge in [0.2, 0.25) is 0 Å². The summed E-state index contributed by atoms with van der Waals surface area (Å²) in [4.78, 5) is 0. The zero-order chi connectivity index (χ0) is 6.81. The van der Waals surface area contributed by atoms with Crippen molar-refractivity contribution in [1.82, 2.24) is 0 Å². The Morgan fingerprint density at radius 3 is 2.20 bits per heavy atom. The third kappa shape index (κ3) is 1.24. The van der Waals surface area contributed by atoms with E-state index < -0.39 is 0 Å². The maximum absolute atomic E-state index is 2.39. The zero-order valence-corrected chi connectivity index (χ0v) is 11.5. The van der Waals surface area contributed by atoms with Crippen molar-refractivity contribution in [3.63, 3.8) is 0 Å². The normalized spacial score (nSPS) is 31.0. The van der Waals surface area contributed by atoms with Gasteiger partial charge < -0.3 is 0 Å². The van der Waals surface area contributed by atoms with Gasteiger partial charge in [-0.3, -0.25) is 0 Å². The molecule has 1 aromatic rings. The van der Waals surface area contributed by atoms with Gasteiger partial charge in [-0.05, 0) is 25.7 Å². The third-order valence-electron chi connectivity index (χ3n) is 2.38. The summed E-state index contributed by atoms with van der Waals surface area (Å²) in [7, 11) is 2.05. The highest BCUT2D eigenvalue weighted by molar-refractivity contribution is 7.83. The minimum Gasteiger partial charge on any atom is -0.0701 e. The van der Waals surface area contributed by atoms with Crippen molar-refractivity contribution in [3.05, 3.63) is 30.3 Å². The Labute approximate surface area is 69.3 Å². The summed E-state index contributed by atoms with van der Waals surface area (Å²) in [6, 6.07) is 11.4. The second-order valence-corrected chi connectivity index (χ2v) is 38.7. The van der Waals surface area contributed by atoms with Crippen LogP contribution >= 0.6 is 0 Å². The first-order valence-electron chi connectivity index (χ1n) is 4.02. The Hall–Kier alpha value is 0.0875. The summed E-state index contributed by atoms with van der Waals surface area (Å²) in [5, 5.41) is 1.83. The maximum Gasteiger partial charge on any atom is 0.0393 e. The van der Waals surface area contributed by atoms with E-state index in [1.807, 2.05) is 5.19 Å². The van der Waals surface area contributed by atoms with Crippen molar-refractivity contribution in [2.45, 2.75) is 0 Å². The summed E-state index contributed by atoms with van der Waals surface area (Å²) < 4.78 is 0. The SMILES string of the molecule is c1ccc([SiH]2[SiH2][SiH2][SiH2]2)cc1. The van der Waals surface area contributed by atoms with Gasteiger partial charge in [0.25, 0.3) is 0 Å². The number of benzene rings is 1. The molecule has 0 unspecified atom stereocenters. The van der Waals surface area contributed by atoms with E-state index in [2.05, 4.69) is 30.3 Å². The Balaban J connectivity index is 2.18. The summed E-state index contributed by atoms with van der Waals surface area (Å²) in [6.45, 7) is 0. The lowest BCUT2D eigenvalue weighted by Gasteiger charge is -2.22. The Bertz CT molecular complexity index is 206. The molecule has 0 bridgehead atoms. The van der Waals surface area contributed by atoms with Crippen molar-refractivity contribution in [2.75, 3.05) is 0 Å². The highest BCUT2D eigenvalue weighted by atomic mass is 30.1. The number of hydrogen-bond donors (Lipinski definition) is 0. The number of rotatable bonds is 1. The third-order valence-corrected chi connectivity index (χ3v) is 79.4. The molecule has 4 heteroatoms. The van der Waals surface area contributed by atoms with Crippen LogP contribution in [0.1, 0.15) is 0 Å². The van der Waals surface area contributed by atoms with E-state index in [1.165, 1.54) is 0 Å². The maximum atomic E-state index is 2.39. The van der Waals surface area contributed by atoms with Crippen LogP contribution in [0, 0.1) is 0 Å². The van der Waals surface area contributed by atoms with Crippen molar-refractivity contribution < 1.29 is 0 Å². The molecule has 1 aromatic carbocycles. The fraction of sp³-hybridized carbons (Fsp3) is 0. The fourth-order valence-corrected chi connectivity index (χ4v) is 45.2. The molecule has 0 aromatic heterocycles. The molecule has 0 N–H and O–H groups in total. The molecule has 1 aliphatic heterocycles. The predicted molar refractivity (Wildman–Crippen MR) is 58.9 cm³/mol. The molecular formula is C6H12Si4. The molecule has 0 radical (unpaired) electrons. The van der Waals surface area contributed by atoms with Crippen LogP contribution in [-0.4, -0.2) is 33.5 Å². The molecule has 52 valence electrons. The molecule has 1 fully saturated rings. The van der Waals surface area contributed by atoms with Gasteiger partial charge in [0, 0.05) is 7.83 Å². The summed E-state index contributed by atoms with van der Waals surface area (Å²) in [6.07, 6.45) is 0. The van der Waals surface area contributed by atoms with Crippen LogP contribution in [0.2, 0.25) is 0 Å². The summed E-state index contributed by atoms with van der Waals surface area (Å²) >= 11 is 0. The van der Waals surface area contributed by atoms with E-state index in [1.54, 1.807) is 0 Å². The first-order chi connectivity index (χ1) is 4.97. The lowest BCUT2D eigenvalue weighted by molar-refractivity contribution is 1.77. The van der Waals surface area contributed by atoms with Crippen LogP contribution in [0.5, 0.6) is 0 Å². The smallest absolute Gasteiger partial charge is 0.0393 e. The van der Waals surface area contributed by atoms with Gasteiger partial charge in [-0.1, -0.05) is 35.5 Å².